The van der Waals surface area contributed by atoms with Crippen molar-refractivity contribution in [2.24, 2.45) is 7.05 Å². The van der Waals surface area contributed by atoms with Crippen molar-refractivity contribution in [1.82, 2.24) is 4.57 Å². The maximum absolute atomic E-state index is 12.3. The summed E-state index contributed by atoms with van der Waals surface area (Å²) in [5.74, 6) is -0.160. The summed E-state index contributed by atoms with van der Waals surface area (Å²) >= 11 is 0. The van der Waals surface area contributed by atoms with Crippen molar-refractivity contribution >= 4 is 38.2 Å². The van der Waals surface area contributed by atoms with Crippen molar-refractivity contribution in [3.8, 4) is 0 Å². The normalized spacial score (nSPS) is 17.0. The zero-order valence-corrected chi connectivity index (χ0v) is 15.3. The van der Waals surface area contributed by atoms with Crippen molar-refractivity contribution in [3.63, 3.8) is 0 Å². The van der Waals surface area contributed by atoms with Crippen LogP contribution in [0.5, 0.6) is 0 Å². The molecule has 2 N–H and O–H groups in total. The van der Waals surface area contributed by atoms with Crippen molar-refractivity contribution in [2.75, 3.05) is 16.3 Å². The molecule has 2 heterocycles. The van der Waals surface area contributed by atoms with Crippen LogP contribution in [0.2, 0.25) is 0 Å². The van der Waals surface area contributed by atoms with Crippen molar-refractivity contribution in [3.05, 3.63) is 59.8 Å². The number of benzene rings is 2. The Kier molecular flexibility index (Phi) is 3.77. The number of hydrogen-bond donors (Lipinski definition) is 2. The van der Waals surface area contributed by atoms with E-state index in [0.29, 0.717) is 17.8 Å². The number of rotatable bonds is 3. The Balaban J connectivity index is 1.82. The number of carbonyl (C=O) groups excluding carboxylic acids is 1. The number of amides is 1. The molecule has 0 aliphatic carbocycles. The van der Waals surface area contributed by atoms with E-state index in [4.69, 9.17) is 0 Å². The van der Waals surface area contributed by atoms with E-state index in [9.17, 15) is 13.2 Å². The van der Waals surface area contributed by atoms with Gasteiger partial charge in [0, 0.05) is 36.3 Å². The fourth-order valence-corrected chi connectivity index (χ4v) is 4.21. The summed E-state index contributed by atoms with van der Waals surface area (Å²) in [6, 6.07) is 15.5. The Hall–Kier alpha value is -2.80. The van der Waals surface area contributed by atoms with Gasteiger partial charge in [0.25, 0.3) is 0 Å². The van der Waals surface area contributed by atoms with Gasteiger partial charge in [-0.3, -0.25) is 9.52 Å². The van der Waals surface area contributed by atoms with Gasteiger partial charge in [-0.2, -0.15) is 0 Å². The number of aromatic nitrogens is 1. The van der Waals surface area contributed by atoms with Gasteiger partial charge >= 0.3 is 0 Å². The largest absolute Gasteiger partial charge is 0.347 e. The first-order chi connectivity index (χ1) is 12.3. The lowest BCUT2D eigenvalue weighted by Crippen LogP contribution is -2.24. The summed E-state index contributed by atoms with van der Waals surface area (Å²) in [4.78, 5) is 12.3. The molecule has 1 atom stereocenters. The van der Waals surface area contributed by atoms with Gasteiger partial charge in [-0.1, -0.05) is 24.3 Å². The maximum Gasteiger partial charge on any atom is 0.229 e. The van der Waals surface area contributed by atoms with Crippen molar-refractivity contribution < 1.29 is 13.2 Å². The highest BCUT2D eigenvalue weighted by molar-refractivity contribution is 7.92. The number of fused-ring (bicyclic) bond motifs is 2. The quantitative estimate of drug-likeness (QED) is 0.745. The molecule has 0 saturated carbocycles. The molecule has 0 spiro atoms. The van der Waals surface area contributed by atoms with E-state index in [0.717, 1.165) is 28.4 Å². The molecule has 0 radical (unpaired) electrons. The number of nitrogens with one attached hydrogen (secondary N) is 2. The molecule has 7 heteroatoms. The lowest BCUT2D eigenvalue weighted by Gasteiger charge is -2.27. The molecule has 26 heavy (non-hydrogen) atoms. The van der Waals surface area contributed by atoms with Crippen LogP contribution in [-0.2, 0) is 21.9 Å². The topological polar surface area (TPSA) is 80.2 Å². The van der Waals surface area contributed by atoms with Crippen LogP contribution in [0.1, 0.15) is 23.6 Å². The smallest absolute Gasteiger partial charge is 0.229 e. The molecule has 2 aromatic carbocycles. The predicted molar refractivity (Wildman–Crippen MR) is 103 cm³/mol. The Morgan fingerprint density at radius 1 is 1.15 bits per heavy atom. The van der Waals surface area contributed by atoms with Crippen LogP contribution in [0, 0.1) is 0 Å². The first kappa shape index (κ1) is 16.7. The maximum atomic E-state index is 12.3. The molecule has 0 saturated heterocycles. The molecular formula is C19H19N3O3S. The highest BCUT2D eigenvalue weighted by atomic mass is 32.2. The zero-order chi connectivity index (χ0) is 18.5. The number of sulfonamides is 1. The summed E-state index contributed by atoms with van der Waals surface area (Å²) in [7, 11) is -1.37. The van der Waals surface area contributed by atoms with Gasteiger partial charge in [0.15, 0.2) is 0 Å². The van der Waals surface area contributed by atoms with Crippen LogP contribution in [0.4, 0.5) is 11.4 Å². The molecule has 3 aromatic rings. The first-order valence-electron chi connectivity index (χ1n) is 8.28. The first-order valence-corrected chi connectivity index (χ1v) is 10.2. The summed E-state index contributed by atoms with van der Waals surface area (Å²) in [5, 5.41) is 3.99. The van der Waals surface area contributed by atoms with Gasteiger partial charge < -0.3 is 9.88 Å². The summed E-state index contributed by atoms with van der Waals surface area (Å²) < 4.78 is 27.5. The Morgan fingerprint density at radius 2 is 1.92 bits per heavy atom. The van der Waals surface area contributed by atoms with E-state index in [1.807, 2.05) is 25.2 Å². The molecule has 6 nitrogen and oxygen atoms in total. The second kappa shape index (κ2) is 5.88. The average Bonchev–Trinajstić information content (AvgIpc) is 2.89. The van der Waals surface area contributed by atoms with Crippen LogP contribution in [0.15, 0.2) is 48.5 Å². The lowest BCUT2D eigenvalue weighted by molar-refractivity contribution is -0.116. The zero-order valence-electron chi connectivity index (χ0n) is 14.5. The van der Waals surface area contributed by atoms with E-state index >= 15 is 0 Å². The molecule has 4 rings (SSSR count). The van der Waals surface area contributed by atoms with E-state index in [1.54, 1.807) is 12.1 Å². The van der Waals surface area contributed by atoms with Gasteiger partial charge in [0.05, 0.1) is 11.9 Å². The van der Waals surface area contributed by atoms with Gasteiger partial charge in [-0.25, -0.2) is 8.42 Å². The third-order valence-corrected chi connectivity index (χ3v) is 5.35. The van der Waals surface area contributed by atoms with Crippen LogP contribution in [0.25, 0.3) is 10.9 Å². The van der Waals surface area contributed by atoms with Crippen molar-refractivity contribution in [1.29, 1.82) is 0 Å². The highest BCUT2D eigenvalue weighted by Gasteiger charge is 2.29. The van der Waals surface area contributed by atoms with E-state index < -0.39 is 10.0 Å². The van der Waals surface area contributed by atoms with Gasteiger partial charge in [0.2, 0.25) is 15.9 Å². The number of anilines is 2. The molecule has 1 unspecified atom stereocenters. The second-order valence-corrected chi connectivity index (χ2v) is 8.42. The minimum atomic E-state index is -3.37. The summed E-state index contributed by atoms with van der Waals surface area (Å²) in [6.07, 6.45) is 1.46. The van der Waals surface area contributed by atoms with Gasteiger partial charge in [-0.15, -0.1) is 0 Å². The van der Waals surface area contributed by atoms with Gasteiger partial charge in [0.1, 0.15) is 0 Å². The van der Waals surface area contributed by atoms with Crippen LogP contribution < -0.4 is 10.0 Å². The number of para-hydroxylation sites is 1. The lowest BCUT2D eigenvalue weighted by atomic mass is 9.87. The molecule has 1 amide bonds. The number of nitrogens with zero attached hydrogens (tertiary/aromatic N) is 1. The van der Waals surface area contributed by atoms with Crippen LogP contribution in [-0.4, -0.2) is 25.1 Å². The average molecular weight is 369 g/mol. The fraction of sp³-hybridized carbons (Fsp3) is 0.211. The van der Waals surface area contributed by atoms with Crippen LogP contribution >= 0.6 is 0 Å². The Morgan fingerprint density at radius 3 is 2.65 bits per heavy atom. The number of aryl methyl sites for hydroxylation is 1. The van der Waals surface area contributed by atoms with E-state index in [2.05, 4.69) is 32.8 Å². The number of hydrogen-bond acceptors (Lipinski definition) is 3. The SMILES string of the molecule is Cn1c(C2CC(=O)Nc3cc(NS(C)(=O)=O)ccc32)cc2ccccc21. The minimum absolute atomic E-state index is 0.0794. The Labute approximate surface area is 151 Å². The standard InChI is InChI=1S/C19H19N3O3S/c1-22-17-6-4-3-5-12(17)9-18(22)15-11-19(23)20-16-10-13(7-8-14(15)16)21-26(2,24)25/h3-10,15,21H,11H2,1-2H3,(H,20,23). The fourth-order valence-electron chi connectivity index (χ4n) is 3.65. The monoisotopic (exact) mass is 369 g/mol. The van der Waals surface area contributed by atoms with Gasteiger partial charge in [-0.05, 0) is 35.2 Å². The molecule has 1 aliphatic rings. The predicted octanol–water partition coefficient (Wildman–Crippen LogP) is 3.02. The summed E-state index contributed by atoms with van der Waals surface area (Å²) in [5.41, 5.74) is 4.24. The number of carbonyl (C=O) groups is 1. The van der Waals surface area contributed by atoms with E-state index in [-0.39, 0.29) is 11.8 Å². The molecule has 0 fully saturated rings. The van der Waals surface area contributed by atoms with Crippen molar-refractivity contribution in [2.45, 2.75) is 12.3 Å². The third kappa shape index (κ3) is 2.94. The minimum Gasteiger partial charge on any atom is -0.347 e. The second-order valence-electron chi connectivity index (χ2n) is 6.67. The van der Waals surface area contributed by atoms with Crippen LogP contribution in [0.3, 0.4) is 0 Å². The van der Waals surface area contributed by atoms with E-state index in [1.165, 1.54) is 0 Å². The molecule has 1 aromatic heterocycles. The molecule has 1 aliphatic heterocycles. The summed E-state index contributed by atoms with van der Waals surface area (Å²) in [6.45, 7) is 0. The third-order valence-electron chi connectivity index (χ3n) is 4.74. The Bertz CT molecular complexity index is 1130. The molecule has 0 bridgehead atoms. The molecule has 134 valence electrons. The molecular weight excluding hydrogens is 350 g/mol. The highest BCUT2D eigenvalue weighted by Crippen LogP contribution is 2.40.